The summed E-state index contributed by atoms with van der Waals surface area (Å²) >= 11 is 0. The van der Waals surface area contributed by atoms with Crippen molar-refractivity contribution in [1.29, 1.82) is 0 Å². The van der Waals surface area contributed by atoms with Crippen molar-refractivity contribution >= 4 is 24.0 Å². The second kappa shape index (κ2) is 4.87. The van der Waals surface area contributed by atoms with Crippen molar-refractivity contribution < 1.29 is 0 Å². The molecule has 2 aromatic carbocycles. The highest BCUT2D eigenvalue weighted by molar-refractivity contribution is 6.88. The Hall–Kier alpha value is -1.93. The Labute approximate surface area is 121 Å². The molecule has 3 aromatic rings. The predicted octanol–water partition coefficient (Wildman–Crippen LogP) is 4.45. The van der Waals surface area contributed by atoms with Gasteiger partial charge in [-0.1, -0.05) is 73.4 Å². The number of hydrogen-bond donors (Lipinski definition) is 0. The van der Waals surface area contributed by atoms with Crippen molar-refractivity contribution in [2.24, 2.45) is 0 Å². The number of hydrogen-bond acceptors (Lipinski definition) is 1. The van der Waals surface area contributed by atoms with Gasteiger partial charge < -0.3 is 0 Å². The number of rotatable bonds is 2. The summed E-state index contributed by atoms with van der Waals surface area (Å²) in [5.41, 5.74) is 2.31. The summed E-state index contributed by atoms with van der Waals surface area (Å²) in [4.78, 5) is 4.62. The van der Waals surface area contributed by atoms with Gasteiger partial charge in [0.15, 0.2) is 0 Å². The average molecular weight is 277 g/mol. The molecule has 0 fully saturated rings. The maximum Gasteiger partial charge on any atom is 0.0780 e. The predicted molar refractivity (Wildman–Crippen MR) is 90.2 cm³/mol. The lowest BCUT2D eigenvalue weighted by atomic mass is 10.0. The first-order valence-corrected chi connectivity index (χ1v) is 10.5. The van der Waals surface area contributed by atoms with Crippen LogP contribution in [0, 0.1) is 0 Å². The molecule has 0 atom stereocenters. The van der Waals surface area contributed by atoms with Crippen LogP contribution < -0.4 is 5.19 Å². The molecule has 0 unspecified atom stereocenters. The third kappa shape index (κ3) is 2.39. The smallest absolute Gasteiger partial charge is 0.0780 e. The minimum absolute atomic E-state index is 1.09. The molecule has 0 amide bonds. The van der Waals surface area contributed by atoms with Crippen molar-refractivity contribution in [3.05, 3.63) is 60.8 Å². The van der Waals surface area contributed by atoms with Gasteiger partial charge in [0.2, 0.25) is 0 Å². The quantitative estimate of drug-likeness (QED) is 0.631. The van der Waals surface area contributed by atoms with Crippen LogP contribution in [-0.4, -0.2) is 13.1 Å². The molecule has 0 aliphatic carbocycles. The molecule has 0 saturated carbocycles. The van der Waals surface area contributed by atoms with Crippen molar-refractivity contribution in [2.45, 2.75) is 19.6 Å². The van der Waals surface area contributed by atoms with E-state index in [1.807, 2.05) is 6.20 Å². The van der Waals surface area contributed by atoms with Crippen molar-refractivity contribution in [2.75, 3.05) is 0 Å². The Morgan fingerprint density at radius 1 is 0.850 bits per heavy atom. The Bertz CT molecular complexity index is 751. The average Bonchev–Trinajstić information content (AvgIpc) is 2.46. The van der Waals surface area contributed by atoms with E-state index in [2.05, 4.69) is 79.2 Å². The van der Waals surface area contributed by atoms with Crippen LogP contribution in [0.15, 0.2) is 60.8 Å². The Balaban J connectivity index is 2.21. The van der Waals surface area contributed by atoms with Gasteiger partial charge in [-0.25, -0.2) is 0 Å². The molecule has 0 bridgehead atoms. The summed E-state index contributed by atoms with van der Waals surface area (Å²) in [7, 11) is -1.29. The van der Waals surface area contributed by atoms with Gasteiger partial charge in [-0.3, -0.25) is 4.98 Å². The Kier molecular flexibility index (Phi) is 3.18. The van der Waals surface area contributed by atoms with Gasteiger partial charge in [0.1, 0.15) is 0 Å². The SMILES string of the molecule is C[Si](C)(C)c1cccc(-c2nccc3ccccc23)c1. The molecule has 0 radical (unpaired) electrons. The maximum absolute atomic E-state index is 4.62. The third-order valence-corrected chi connectivity index (χ3v) is 5.72. The summed E-state index contributed by atoms with van der Waals surface area (Å²) in [6.45, 7) is 7.13. The molecule has 0 aliphatic rings. The summed E-state index contributed by atoms with van der Waals surface area (Å²) in [5, 5.41) is 3.95. The van der Waals surface area contributed by atoms with E-state index < -0.39 is 8.07 Å². The number of fused-ring (bicyclic) bond motifs is 1. The van der Waals surface area contributed by atoms with Crippen LogP contribution in [0.5, 0.6) is 0 Å². The Morgan fingerprint density at radius 3 is 2.45 bits per heavy atom. The molecule has 0 saturated heterocycles. The molecule has 100 valence electrons. The number of nitrogens with zero attached hydrogens (tertiary/aromatic N) is 1. The van der Waals surface area contributed by atoms with Gasteiger partial charge in [-0.2, -0.15) is 0 Å². The highest BCUT2D eigenvalue weighted by Gasteiger charge is 2.17. The van der Waals surface area contributed by atoms with Crippen LogP contribution in [-0.2, 0) is 0 Å². The van der Waals surface area contributed by atoms with Gasteiger partial charge >= 0.3 is 0 Å². The molecule has 20 heavy (non-hydrogen) atoms. The summed E-state index contributed by atoms with van der Waals surface area (Å²) in [6, 6.07) is 19.4. The molecule has 2 heteroatoms. The lowest BCUT2D eigenvalue weighted by Crippen LogP contribution is -2.37. The third-order valence-electron chi connectivity index (χ3n) is 3.68. The van der Waals surface area contributed by atoms with Crippen LogP contribution >= 0.6 is 0 Å². The number of aromatic nitrogens is 1. The lowest BCUT2D eigenvalue weighted by Gasteiger charge is -2.17. The van der Waals surface area contributed by atoms with E-state index in [-0.39, 0.29) is 0 Å². The molecule has 1 heterocycles. The molecule has 3 rings (SSSR count). The second-order valence-electron chi connectivity index (χ2n) is 6.21. The minimum atomic E-state index is -1.29. The highest BCUT2D eigenvalue weighted by Crippen LogP contribution is 2.25. The summed E-state index contributed by atoms with van der Waals surface area (Å²) in [5.74, 6) is 0. The molecular formula is C18H19NSi. The van der Waals surface area contributed by atoms with Crippen LogP contribution in [0.1, 0.15) is 0 Å². The van der Waals surface area contributed by atoms with Crippen molar-refractivity contribution in [1.82, 2.24) is 4.98 Å². The van der Waals surface area contributed by atoms with Gasteiger partial charge in [-0.05, 0) is 11.5 Å². The molecule has 0 spiro atoms. The van der Waals surface area contributed by atoms with E-state index in [0.717, 1.165) is 5.69 Å². The maximum atomic E-state index is 4.62. The first kappa shape index (κ1) is 13.1. The van der Waals surface area contributed by atoms with Crippen molar-refractivity contribution in [3.8, 4) is 11.3 Å². The van der Waals surface area contributed by atoms with E-state index in [4.69, 9.17) is 0 Å². The lowest BCUT2D eigenvalue weighted by molar-refractivity contribution is 1.36. The second-order valence-corrected chi connectivity index (χ2v) is 11.3. The first-order valence-electron chi connectivity index (χ1n) is 7.00. The van der Waals surface area contributed by atoms with Gasteiger partial charge in [0, 0.05) is 17.1 Å². The summed E-state index contributed by atoms with van der Waals surface area (Å²) in [6.07, 6.45) is 1.90. The van der Waals surface area contributed by atoms with Crippen molar-refractivity contribution in [3.63, 3.8) is 0 Å². The van der Waals surface area contributed by atoms with Crippen LogP contribution in [0.25, 0.3) is 22.0 Å². The van der Waals surface area contributed by atoms with E-state index in [1.165, 1.54) is 21.5 Å². The molecule has 0 aliphatic heterocycles. The van der Waals surface area contributed by atoms with Crippen LogP contribution in [0.4, 0.5) is 0 Å². The fourth-order valence-electron chi connectivity index (χ4n) is 2.48. The summed E-state index contributed by atoms with van der Waals surface area (Å²) < 4.78 is 0. The van der Waals surface area contributed by atoms with Crippen LogP contribution in [0.2, 0.25) is 19.6 Å². The topological polar surface area (TPSA) is 12.9 Å². The van der Waals surface area contributed by atoms with Gasteiger partial charge in [-0.15, -0.1) is 0 Å². The van der Waals surface area contributed by atoms with E-state index in [1.54, 1.807) is 0 Å². The minimum Gasteiger partial charge on any atom is -0.256 e. The molecule has 1 nitrogen and oxygen atoms in total. The largest absolute Gasteiger partial charge is 0.256 e. The molecule has 1 aromatic heterocycles. The first-order chi connectivity index (χ1) is 9.55. The zero-order valence-electron chi connectivity index (χ0n) is 12.2. The monoisotopic (exact) mass is 277 g/mol. The molecular weight excluding hydrogens is 258 g/mol. The normalized spacial score (nSPS) is 11.8. The zero-order valence-corrected chi connectivity index (χ0v) is 13.2. The zero-order chi connectivity index (χ0) is 14.2. The standard InChI is InChI=1S/C18H19NSi/c1-20(2,3)16-9-6-8-15(13-16)18-17-10-5-4-7-14(17)11-12-19-18/h4-13H,1-3H3. The fraction of sp³-hybridized carbons (Fsp3) is 0.167. The van der Waals surface area contributed by atoms with E-state index in [9.17, 15) is 0 Å². The number of benzene rings is 2. The van der Waals surface area contributed by atoms with Gasteiger partial charge in [0.05, 0.1) is 13.8 Å². The Morgan fingerprint density at radius 2 is 1.65 bits per heavy atom. The van der Waals surface area contributed by atoms with E-state index >= 15 is 0 Å². The van der Waals surface area contributed by atoms with E-state index in [0.29, 0.717) is 0 Å². The highest BCUT2D eigenvalue weighted by atomic mass is 28.3. The number of pyridine rings is 1. The van der Waals surface area contributed by atoms with Crippen LogP contribution in [0.3, 0.4) is 0 Å². The van der Waals surface area contributed by atoms with Gasteiger partial charge in [0.25, 0.3) is 0 Å². The molecule has 0 N–H and O–H groups in total. The fourth-order valence-corrected chi connectivity index (χ4v) is 3.67.